The largest absolute Gasteiger partial charge is 0.444 e. The summed E-state index contributed by atoms with van der Waals surface area (Å²) in [5.74, 6) is -1.12. The Kier molecular flexibility index (Phi) is 7.11. The van der Waals surface area contributed by atoms with Gasteiger partial charge in [-0.25, -0.2) is 9.18 Å². The first-order chi connectivity index (χ1) is 12.6. The Morgan fingerprint density at radius 2 is 2.00 bits per heavy atom. The number of benzene rings is 1. The number of nitrogens with one attached hydrogen (secondary N) is 2. The van der Waals surface area contributed by atoms with Crippen molar-refractivity contribution < 1.29 is 18.7 Å². The highest BCUT2D eigenvalue weighted by atomic mass is 127. The molecular formula is C19H21FIN3O3. The number of amides is 2. The number of hydrogen-bond donors (Lipinski definition) is 2. The predicted molar refractivity (Wildman–Crippen MR) is 109 cm³/mol. The summed E-state index contributed by atoms with van der Waals surface area (Å²) in [5.41, 5.74) is -0.0626. The van der Waals surface area contributed by atoms with Crippen molar-refractivity contribution in [2.24, 2.45) is 0 Å². The Hall–Kier alpha value is -2.23. The van der Waals surface area contributed by atoms with Crippen LogP contribution in [0, 0.1) is 9.39 Å². The fourth-order valence-corrected chi connectivity index (χ4v) is 2.65. The molecule has 8 heteroatoms. The summed E-state index contributed by atoms with van der Waals surface area (Å²) in [6.07, 6.45) is 0.996. The van der Waals surface area contributed by atoms with E-state index >= 15 is 0 Å². The molecule has 6 nitrogen and oxygen atoms in total. The monoisotopic (exact) mass is 485 g/mol. The number of nitrogens with zero attached hydrogens (tertiary/aromatic N) is 1. The van der Waals surface area contributed by atoms with Crippen LogP contribution >= 0.6 is 22.6 Å². The smallest absolute Gasteiger partial charge is 0.408 e. The average Bonchev–Trinajstić information content (AvgIpc) is 2.56. The van der Waals surface area contributed by atoms with Crippen LogP contribution in [0.4, 0.5) is 14.9 Å². The maximum Gasteiger partial charge on any atom is 0.408 e. The van der Waals surface area contributed by atoms with E-state index in [1.807, 2.05) is 22.6 Å². The molecule has 0 aliphatic heterocycles. The molecule has 0 aliphatic rings. The van der Waals surface area contributed by atoms with Crippen LogP contribution in [0.5, 0.6) is 0 Å². The van der Waals surface area contributed by atoms with Gasteiger partial charge < -0.3 is 15.4 Å². The lowest BCUT2D eigenvalue weighted by molar-refractivity contribution is -0.118. The molecule has 0 saturated heterocycles. The van der Waals surface area contributed by atoms with Gasteiger partial charge >= 0.3 is 6.09 Å². The molecule has 1 aromatic heterocycles. The first kappa shape index (κ1) is 21.1. The molecule has 0 bridgehead atoms. The third-order valence-corrected chi connectivity index (χ3v) is 4.01. The molecular weight excluding hydrogens is 464 g/mol. The molecule has 27 heavy (non-hydrogen) atoms. The number of pyridine rings is 1. The molecule has 1 unspecified atom stereocenters. The molecule has 0 radical (unpaired) electrons. The van der Waals surface area contributed by atoms with Crippen LogP contribution < -0.4 is 10.6 Å². The third-order valence-electron chi connectivity index (χ3n) is 3.34. The van der Waals surface area contributed by atoms with E-state index in [0.717, 1.165) is 0 Å². The van der Waals surface area contributed by atoms with Crippen LogP contribution in [0.3, 0.4) is 0 Å². The fourth-order valence-electron chi connectivity index (χ4n) is 2.20. The minimum Gasteiger partial charge on any atom is -0.444 e. The highest BCUT2D eigenvalue weighted by Crippen LogP contribution is 2.17. The molecule has 0 saturated carbocycles. The third kappa shape index (κ3) is 7.12. The van der Waals surface area contributed by atoms with Crippen LogP contribution in [0.25, 0.3) is 0 Å². The summed E-state index contributed by atoms with van der Waals surface area (Å²) in [6.45, 7) is 5.17. The fraction of sp³-hybridized carbons (Fsp3) is 0.316. The first-order valence-electron chi connectivity index (χ1n) is 8.29. The number of hydrogen-bond acceptors (Lipinski definition) is 4. The van der Waals surface area contributed by atoms with Gasteiger partial charge in [-0.05, 0) is 73.7 Å². The van der Waals surface area contributed by atoms with Gasteiger partial charge in [0.1, 0.15) is 17.5 Å². The van der Waals surface area contributed by atoms with E-state index in [1.165, 1.54) is 12.1 Å². The molecule has 1 heterocycles. The maximum atomic E-state index is 14.0. The molecule has 0 aliphatic carbocycles. The summed E-state index contributed by atoms with van der Waals surface area (Å²) in [7, 11) is 0. The quantitative estimate of drug-likeness (QED) is 0.630. The van der Waals surface area contributed by atoms with Gasteiger partial charge in [-0.2, -0.15) is 0 Å². The number of carbonyl (C=O) groups excluding carboxylic acids is 2. The summed E-state index contributed by atoms with van der Waals surface area (Å²) >= 11 is 1.98. The lowest BCUT2D eigenvalue weighted by Gasteiger charge is -2.23. The SMILES string of the molecule is CC(C)(C)OC(=O)NC(Cc1ccccn1)C(=O)Nc1ccc(I)cc1F. The van der Waals surface area contributed by atoms with Crippen molar-refractivity contribution in [1.29, 1.82) is 0 Å². The van der Waals surface area contributed by atoms with E-state index in [4.69, 9.17) is 4.74 Å². The number of carbonyl (C=O) groups is 2. The normalized spacial score (nSPS) is 12.2. The highest BCUT2D eigenvalue weighted by molar-refractivity contribution is 14.1. The topological polar surface area (TPSA) is 80.3 Å². The van der Waals surface area contributed by atoms with E-state index in [-0.39, 0.29) is 12.1 Å². The number of anilines is 1. The van der Waals surface area contributed by atoms with Gasteiger partial charge in [0.2, 0.25) is 5.91 Å². The Bertz CT molecular complexity index is 810. The summed E-state index contributed by atoms with van der Waals surface area (Å²) in [5, 5.41) is 5.05. The standard InChI is InChI=1S/C19H21FIN3O3/c1-19(2,3)27-18(26)24-16(11-13-6-4-5-9-22-13)17(25)23-15-8-7-12(21)10-14(15)20/h4-10,16H,11H2,1-3H3,(H,23,25)(H,24,26). The van der Waals surface area contributed by atoms with Crippen molar-refractivity contribution in [3.8, 4) is 0 Å². The lowest BCUT2D eigenvalue weighted by atomic mass is 10.1. The van der Waals surface area contributed by atoms with Gasteiger partial charge in [0.05, 0.1) is 5.69 Å². The van der Waals surface area contributed by atoms with Crippen LogP contribution in [0.1, 0.15) is 26.5 Å². The molecule has 0 fully saturated rings. The van der Waals surface area contributed by atoms with E-state index in [0.29, 0.717) is 9.26 Å². The molecule has 1 aromatic carbocycles. The highest BCUT2D eigenvalue weighted by Gasteiger charge is 2.25. The van der Waals surface area contributed by atoms with Gasteiger partial charge in [-0.3, -0.25) is 9.78 Å². The van der Waals surface area contributed by atoms with E-state index < -0.39 is 29.5 Å². The van der Waals surface area contributed by atoms with Crippen LogP contribution in [-0.2, 0) is 16.0 Å². The molecule has 2 aromatic rings. The summed E-state index contributed by atoms with van der Waals surface area (Å²) in [6, 6.07) is 8.75. The molecule has 2 amide bonds. The number of halogens is 2. The van der Waals surface area contributed by atoms with Crippen molar-refractivity contribution in [2.45, 2.75) is 38.8 Å². The van der Waals surface area contributed by atoms with Crippen LogP contribution in [-0.4, -0.2) is 28.6 Å². The van der Waals surface area contributed by atoms with Crippen molar-refractivity contribution in [3.05, 3.63) is 57.7 Å². The van der Waals surface area contributed by atoms with Crippen molar-refractivity contribution in [3.63, 3.8) is 0 Å². The lowest BCUT2D eigenvalue weighted by Crippen LogP contribution is -2.47. The zero-order chi connectivity index (χ0) is 20.0. The second kappa shape index (κ2) is 9.12. The second-order valence-corrected chi connectivity index (χ2v) is 8.08. The minimum atomic E-state index is -0.978. The van der Waals surface area contributed by atoms with Gasteiger partial charge in [0, 0.05) is 21.9 Å². The zero-order valence-corrected chi connectivity index (χ0v) is 17.4. The van der Waals surface area contributed by atoms with Gasteiger partial charge in [-0.1, -0.05) is 6.07 Å². The van der Waals surface area contributed by atoms with Crippen LogP contribution in [0.15, 0.2) is 42.6 Å². The van der Waals surface area contributed by atoms with Crippen LogP contribution in [0.2, 0.25) is 0 Å². The van der Waals surface area contributed by atoms with Crippen molar-refractivity contribution in [2.75, 3.05) is 5.32 Å². The minimum absolute atomic E-state index is 0.0393. The molecule has 144 valence electrons. The Morgan fingerprint density at radius 1 is 1.26 bits per heavy atom. The Morgan fingerprint density at radius 3 is 2.59 bits per heavy atom. The van der Waals surface area contributed by atoms with E-state index in [1.54, 1.807) is 51.2 Å². The molecule has 0 spiro atoms. The summed E-state index contributed by atoms with van der Waals surface area (Å²) in [4.78, 5) is 29.0. The van der Waals surface area contributed by atoms with Gasteiger partial charge in [0.25, 0.3) is 0 Å². The predicted octanol–water partition coefficient (Wildman–Crippen LogP) is 3.90. The maximum absolute atomic E-state index is 14.0. The number of rotatable bonds is 5. The Balaban J connectivity index is 2.16. The van der Waals surface area contributed by atoms with Crippen molar-refractivity contribution in [1.82, 2.24) is 10.3 Å². The Labute approximate surface area is 171 Å². The van der Waals surface area contributed by atoms with E-state index in [9.17, 15) is 14.0 Å². The molecule has 2 rings (SSSR count). The summed E-state index contributed by atoms with van der Waals surface area (Å²) < 4.78 is 20.0. The van der Waals surface area contributed by atoms with Gasteiger partial charge in [0.15, 0.2) is 0 Å². The number of ether oxygens (including phenoxy) is 1. The zero-order valence-electron chi connectivity index (χ0n) is 15.3. The molecule has 2 N–H and O–H groups in total. The average molecular weight is 485 g/mol. The second-order valence-electron chi connectivity index (χ2n) is 6.84. The number of aromatic nitrogens is 1. The first-order valence-corrected chi connectivity index (χ1v) is 9.37. The van der Waals surface area contributed by atoms with Gasteiger partial charge in [-0.15, -0.1) is 0 Å². The van der Waals surface area contributed by atoms with E-state index in [2.05, 4.69) is 15.6 Å². The molecule has 1 atom stereocenters. The number of alkyl carbamates (subject to hydrolysis) is 1. The van der Waals surface area contributed by atoms with Crippen molar-refractivity contribution >= 4 is 40.3 Å².